The Balaban J connectivity index is 1.79. The standard InChI is InChI=1S/C18H20N2O2/c19-16-7-6-15(13-4-2-1-3-5-13)12-17(16)20-18(21)14-8-10-22-11-9-14/h1-7,12,14H,8-11,19H2,(H,20,21). The van der Waals surface area contributed by atoms with E-state index in [2.05, 4.69) is 5.32 Å². The summed E-state index contributed by atoms with van der Waals surface area (Å²) in [5.74, 6) is 0.0359. The van der Waals surface area contributed by atoms with Gasteiger partial charge in [0.1, 0.15) is 0 Å². The molecular weight excluding hydrogens is 276 g/mol. The van der Waals surface area contributed by atoms with Gasteiger partial charge in [-0.15, -0.1) is 0 Å². The molecule has 2 aromatic carbocycles. The maximum atomic E-state index is 12.3. The molecule has 1 saturated heterocycles. The minimum absolute atomic E-state index is 0.00790. The number of carbonyl (C=O) groups excluding carboxylic acids is 1. The molecule has 0 bridgehead atoms. The van der Waals surface area contributed by atoms with Crippen molar-refractivity contribution in [2.45, 2.75) is 12.8 Å². The van der Waals surface area contributed by atoms with Crippen LogP contribution in [0.2, 0.25) is 0 Å². The molecule has 3 N–H and O–H groups in total. The van der Waals surface area contributed by atoms with Crippen molar-refractivity contribution in [3.05, 3.63) is 48.5 Å². The Hall–Kier alpha value is -2.33. The Bertz CT molecular complexity index is 649. The van der Waals surface area contributed by atoms with Gasteiger partial charge in [-0.3, -0.25) is 4.79 Å². The number of benzene rings is 2. The zero-order valence-electron chi connectivity index (χ0n) is 12.4. The van der Waals surface area contributed by atoms with Crippen molar-refractivity contribution in [3.8, 4) is 11.1 Å². The van der Waals surface area contributed by atoms with Crippen LogP contribution in [0.25, 0.3) is 11.1 Å². The van der Waals surface area contributed by atoms with E-state index in [1.807, 2.05) is 48.5 Å². The average Bonchev–Trinajstić information content (AvgIpc) is 2.58. The van der Waals surface area contributed by atoms with Gasteiger partial charge in [-0.05, 0) is 36.1 Å². The van der Waals surface area contributed by atoms with Crippen molar-refractivity contribution in [2.75, 3.05) is 24.3 Å². The topological polar surface area (TPSA) is 64.3 Å². The summed E-state index contributed by atoms with van der Waals surface area (Å²) in [5.41, 5.74) is 9.41. The normalized spacial score (nSPS) is 15.5. The minimum Gasteiger partial charge on any atom is -0.397 e. The van der Waals surface area contributed by atoms with Crippen LogP contribution in [-0.2, 0) is 9.53 Å². The first-order valence-electron chi connectivity index (χ1n) is 7.57. The summed E-state index contributed by atoms with van der Waals surface area (Å²) in [4.78, 5) is 12.3. The lowest BCUT2D eigenvalue weighted by Gasteiger charge is -2.21. The summed E-state index contributed by atoms with van der Waals surface area (Å²) in [6.45, 7) is 1.30. The Morgan fingerprint density at radius 2 is 1.77 bits per heavy atom. The van der Waals surface area contributed by atoms with Crippen LogP contribution in [0.3, 0.4) is 0 Å². The lowest BCUT2D eigenvalue weighted by Crippen LogP contribution is -2.28. The van der Waals surface area contributed by atoms with Crippen LogP contribution in [-0.4, -0.2) is 19.1 Å². The highest BCUT2D eigenvalue weighted by Gasteiger charge is 2.22. The first-order valence-corrected chi connectivity index (χ1v) is 7.57. The number of nitrogens with one attached hydrogen (secondary N) is 1. The van der Waals surface area contributed by atoms with Crippen LogP contribution >= 0.6 is 0 Å². The second kappa shape index (κ2) is 6.62. The second-order valence-electron chi connectivity index (χ2n) is 5.54. The average molecular weight is 296 g/mol. The van der Waals surface area contributed by atoms with Gasteiger partial charge in [0.15, 0.2) is 0 Å². The minimum atomic E-state index is 0.00790. The molecule has 0 saturated carbocycles. The number of hydrogen-bond acceptors (Lipinski definition) is 3. The SMILES string of the molecule is Nc1ccc(-c2ccccc2)cc1NC(=O)C1CCOCC1. The molecule has 0 radical (unpaired) electrons. The molecular formula is C18H20N2O2. The lowest BCUT2D eigenvalue weighted by molar-refractivity contribution is -0.122. The van der Waals surface area contributed by atoms with E-state index in [0.29, 0.717) is 24.6 Å². The largest absolute Gasteiger partial charge is 0.397 e. The molecule has 0 unspecified atom stereocenters. The zero-order valence-corrected chi connectivity index (χ0v) is 12.4. The highest BCUT2D eigenvalue weighted by molar-refractivity contribution is 5.96. The van der Waals surface area contributed by atoms with E-state index >= 15 is 0 Å². The number of anilines is 2. The van der Waals surface area contributed by atoms with Gasteiger partial charge in [0.2, 0.25) is 5.91 Å². The Kier molecular flexibility index (Phi) is 4.39. The predicted octanol–water partition coefficient (Wildman–Crippen LogP) is 3.30. The number of rotatable bonds is 3. The van der Waals surface area contributed by atoms with Crippen LogP contribution < -0.4 is 11.1 Å². The summed E-state index contributed by atoms with van der Waals surface area (Å²) < 4.78 is 5.30. The molecule has 3 rings (SSSR count). The highest BCUT2D eigenvalue weighted by atomic mass is 16.5. The molecule has 1 heterocycles. The Morgan fingerprint density at radius 3 is 2.50 bits per heavy atom. The third-order valence-corrected chi connectivity index (χ3v) is 4.01. The van der Waals surface area contributed by atoms with Gasteiger partial charge < -0.3 is 15.8 Å². The van der Waals surface area contributed by atoms with E-state index in [4.69, 9.17) is 10.5 Å². The fraction of sp³-hybridized carbons (Fsp3) is 0.278. The molecule has 22 heavy (non-hydrogen) atoms. The van der Waals surface area contributed by atoms with Crippen molar-refractivity contribution in [1.29, 1.82) is 0 Å². The summed E-state index contributed by atoms with van der Waals surface area (Å²) in [6, 6.07) is 15.8. The van der Waals surface area contributed by atoms with E-state index in [1.54, 1.807) is 0 Å². The van der Waals surface area contributed by atoms with Gasteiger partial charge in [0.25, 0.3) is 0 Å². The first kappa shape index (κ1) is 14.6. The van der Waals surface area contributed by atoms with Crippen molar-refractivity contribution in [2.24, 2.45) is 5.92 Å². The smallest absolute Gasteiger partial charge is 0.227 e. The van der Waals surface area contributed by atoms with E-state index in [-0.39, 0.29) is 11.8 Å². The third kappa shape index (κ3) is 3.28. The van der Waals surface area contributed by atoms with Crippen LogP contribution in [0.1, 0.15) is 12.8 Å². The van der Waals surface area contributed by atoms with Crippen molar-refractivity contribution in [3.63, 3.8) is 0 Å². The molecule has 4 nitrogen and oxygen atoms in total. The predicted molar refractivity (Wildman–Crippen MR) is 88.5 cm³/mol. The quantitative estimate of drug-likeness (QED) is 0.854. The number of hydrogen-bond donors (Lipinski definition) is 2. The summed E-state index contributed by atoms with van der Waals surface area (Å²) in [5, 5.41) is 2.97. The van der Waals surface area contributed by atoms with Crippen molar-refractivity contribution in [1.82, 2.24) is 0 Å². The molecule has 0 spiro atoms. The fourth-order valence-electron chi connectivity index (χ4n) is 2.67. The summed E-state index contributed by atoms with van der Waals surface area (Å²) in [7, 11) is 0. The number of carbonyl (C=O) groups is 1. The highest BCUT2D eigenvalue weighted by Crippen LogP contribution is 2.28. The third-order valence-electron chi connectivity index (χ3n) is 4.01. The molecule has 4 heteroatoms. The maximum Gasteiger partial charge on any atom is 0.227 e. The van der Waals surface area contributed by atoms with Crippen molar-refractivity contribution >= 4 is 17.3 Å². The molecule has 1 aliphatic heterocycles. The van der Waals surface area contributed by atoms with Gasteiger partial charge in [-0.25, -0.2) is 0 Å². The molecule has 1 amide bonds. The summed E-state index contributed by atoms with van der Waals surface area (Å²) >= 11 is 0. The van der Waals surface area contributed by atoms with Gasteiger partial charge in [-0.2, -0.15) is 0 Å². The Labute approximate surface area is 130 Å². The van der Waals surface area contributed by atoms with Gasteiger partial charge in [0, 0.05) is 19.1 Å². The lowest BCUT2D eigenvalue weighted by atomic mass is 9.99. The first-order chi connectivity index (χ1) is 10.7. The monoisotopic (exact) mass is 296 g/mol. The second-order valence-corrected chi connectivity index (χ2v) is 5.54. The van der Waals surface area contributed by atoms with Crippen LogP contribution in [0.15, 0.2) is 48.5 Å². The molecule has 2 aromatic rings. The molecule has 0 aromatic heterocycles. The van der Waals surface area contributed by atoms with Crippen LogP contribution in [0, 0.1) is 5.92 Å². The molecule has 1 aliphatic rings. The van der Waals surface area contributed by atoms with Crippen LogP contribution in [0.5, 0.6) is 0 Å². The number of amides is 1. The molecule has 1 fully saturated rings. The zero-order chi connectivity index (χ0) is 15.4. The van der Waals surface area contributed by atoms with E-state index in [0.717, 1.165) is 24.0 Å². The molecule has 114 valence electrons. The number of ether oxygens (including phenoxy) is 1. The number of nitrogens with two attached hydrogens (primary N) is 1. The number of nitrogen functional groups attached to an aromatic ring is 1. The maximum absolute atomic E-state index is 12.3. The summed E-state index contributed by atoms with van der Waals surface area (Å²) in [6.07, 6.45) is 1.54. The molecule has 0 aliphatic carbocycles. The molecule has 0 atom stereocenters. The van der Waals surface area contributed by atoms with Gasteiger partial charge in [-0.1, -0.05) is 36.4 Å². The van der Waals surface area contributed by atoms with Crippen LogP contribution in [0.4, 0.5) is 11.4 Å². The van der Waals surface area contributed by atoms with E-state index < -0.39 is 0 Å². The fourth-order valence-corrected chi connectivity index (χ4v) is 2.67. The van der Waals surface area contributed by atoms with Gasteiger partial charge in [0.05, 0.1) is 11.4 Å². The Morgan fingerprint density at radius 1 is 1.05 bits per heavy atom. The van der Waals surface area contributed by atoms with Gasteiger partial charge >= 0.3 is 0 Å². The van der Waals surface area contributed by atoms with E-state index in [1.165, 1.54) is 0 Å². The van der Waals surface area contributed by atoms with Crippen molar-refractivity contribution < 1.29 is 9.53 Å². The van der Waals surface area contributed by atoms with E-state index in [9.17, 15) is 4.79 Å².